The van der Waals surface area contributed by atoms with Gasteiger partial charge in [-0.25, -0.2) is 0 Å². The van der Waals surface area contributed by atoms with Crippen LogP contribution in [-0.4, -0.2) is 23.3 Å². The first-order valence-corrected chi connectivity index (χ1v) is 8.54. The first kappa shape index (κ1) is 17.4. The van der Waals surface area contributed by atoms with Gasteiger partial charge in [0.1, 0.15) is 0 Å². The van der Waals surface area contributed by atoms with Crippen LogP contribution in [0.2, 0.25) is 0 Å². The number of rotatable bonds is 6. The molecule has 1 heterocycles. The van der Waals surface area contributed by atoms with Crippen molar-refractivity contribution < 1.29 is 9.59 Å². The zero-order valence-corrected chi connectivity index (χ0v) is 14.0. The molecule has 1 atom stereocenters. The summed E-state index contributed by atoms with van der Waals surface area (Å²) in [6, 6.07) is 5.84. The van der Waals surface area contributed by atoms with Crippen LogP contribution in [0.1, 0.15) is 57.7 Å². The molecule has 1 fully saturated rings. The molecule has 126 valence electrons. The minimum atomic E-state index is -0.00892. The van der Waals surface area contributed by atoms with Crippen molar-refractivity contribution in [2.24, 2.45) is 11.8 Å². The fourth-order valence-corrected chi connectivity index (χ4v) is 3.28. The van der Waals surface area contributed by atoms with Crippen molar-refractivity contribution in [3.8, 4) is 0 Å². The van der Waals surface area contributed by atoms with Crippen molar-refractivity contribution in [1.82, 2.24) is 15.6 Å². The Morgan fingerprint density at radius 3 is 2.57 bits per heavy atom. The van der Waals surface area contributed by atoms with Crippen molar-refractivity contribution in [2.75, 3.05) is 6.54 Å². The van der Waals surface area contributed by atoms with E-state index in [1.807, 2.05) is 25.1 Å². The summed E-state index contributed by atoms with van der Waals surface area (Å²) in [4.78, 5) is 27.4. The Morgan fingerprint density at radius 2 is 2.00 bits per heavy atom. The standard InChI is InChI=1S/C18H27N3O2/c1-3-17(23)21-18(16-6-4-5-11-19-16)15-9-7-14(8-10-15)12-20-13(2)22/h4-6,11,14-15,18H,3,7-10,12H2,1-2H3,(H,20,22)(H,21,23). The maximum Gasteiger partial charge on any atom is 0.220 e. The fourth-order valence-electron chi connectivity index (χ4n) is 3.28. The highest BCUT2D eigenvalue weighted by Gasteiger charge is 2.30. The van der Waals surface area contributed by atoms with Gasteiger partial charge < -0.3 is 10.6 Å². The molecule has 0 spiro atoms. The SMILES string of the molecule is CCC(=O)NC(c1ccccn1)C1CCC(CNC(C)=O)CC1. The molecule has 1 aromatic rings. The normalized spacial score (nSPS) is 22.2. The molecule has 2 N–H and O–H groups in total. The van der Waals surface area contributed by atoms with E-state index >= 15 is 0 Å². The molecule has 1 aliphatic rings. The molecular formula is C18H27N3O2. The summed E-state index contributed by atoms with van der Waals surface area (Å²) in [6.45, 7) is 4.19. The largest absolute Gasteiger partial charge is 0.356 e. The Morgan fingerprint density at radius 1 is 1.26 bits per heavy atom. The number of carbonyl (C=O) groups excluding carboxylic acids is 2. The molecule has 1 aromatic heterocycles. The summed E-state index contributed by atoms with van der Waals surface area (Å²) in [7, 11) is 0. The Bertz CT molecular complexity index is 510. The molecule has 5 heteroatoms. The maximum absolute atomic E-state index is 11.9. The molecule has 0 radical (unpaired) electrons. The summed E-state index contributed by atoms with van der Waals surface area (Å²) in [5.74, 6) is 1.06. The molecule has 2 rings (SSSR count). The molecule has 0 saturated heterocycles. The second kappa shape index (κ2) is 8.65. The van der Waals surface area contributed by atoms with Crippen LogP contribution in [0.15, 0.2) is 24.4 Å². The fraction of sp³-hybridized carbons (Fsp3) is 0.611. The Kier molecular flexibility index (Phi) is 6.56. The number of nitrogens with one attached hydrogen (secondary N) is 2. The van der Waals surface area contributed by atoms with E-state index in [9.17, 15) is 9.59 Å². The lowest BCUT2D eigenvalue weighted by Gasteiger charge is -2.34. The van der Waals surface area contributed by atoms with E-state index in [-0.39, 0.29) is 17.9 Å². The van der Waals surface area contributed by atoms with E-state index < -0.39 is 0 Å². The molecule has 0 bridgehead atoms. The minimum Gasteiger partial charge on any atom is -0.356 e. The average Bonchev–Trinajstić information content (AvgIpc) is 2.59. The Labute approximate surface area is 138 Å². The van der Waals surface area contributed by atoms with Crippen LogP contribution >= 0.6 is 0 Å². The zero-order chi connectivity index (χ0) is 16.7. The van der Waals surface area contributed by atoms with E-state index in [1.165, 1.54) is 0 Å². The lowest BCUT2D eigenvalue weighted by molar-refractivity contribution is -0.122. The van der Waals surface area contributed by atoms with Crippen molar-refractivity contribution in [3.63, 3.8) is 0 Å². The Balaban J connectivity index is 1.98. The van der Waals surface area contributed by atoms with Gasteiger partial charge in [-0.2, -0.15) is 0 Å². The number of carbonyl (C=O) groups is 2. The van der Waals surface area contributed by atoms with Gasteiger partial charge in [-0.1, -0.05) is 13.0 Å². The quantitative estimate of drug-likeness (QED) is 0.847. The molecule has 5 nitrogen and oxygen atoms in total. The van der Waals surface area contributed by atoms with E-state index in [0.717, 1.165) is 37.9 Å². The Hall–Kier alpha value is -1.91. The number of nitrogens with zero attached hydrogens (tertiary/aromatic N) is 1. The van der Waals surface area contributed by atoms with Gasteiger partial charge in [0.15, 0.2) is 0 Å². The smallest absolute Gasteiger partial charge is 0.220 e. The van der Waals surface area contributed by atoms with Crippen LogP contribution < -0.4 is 10.6 Å². The number of amides is 2. The summed E-state index contributed by atoms with van der Waals surface area (Å²) < 4.78 is 0. The van der Waals surface area contributed by atoms with Crippen LogP contribution in [-0.2, 0) is 9.59 Å². The summed E-state index contributed by atoms with van der Waals surface area (Å²) in [6.07, 6.45) is 6.53. The second-order valence-corrected chi connectivity index (χ2v) is 6.37. The topological polar surface area (TPSA) is 71.1 Å². The highest BCUT2D eigenvalue weighted by molar-refractivity contribution is 5.76. The average molecular weight is 317 g/mol. The zero-order valence-electron chi connectivity index (χ0n) is 14.0. The van der Waals surface area contributed by atoms with Gasteiger partial charge in [-0.05, 0) is 49.7 Å². The van der Waals surface area contributed by atoms with Crippen molar-refractivity contribution in [3.05, 3.63) is 30.1 Å². The predicted molar refractivity (Wildman–Crippen MR) is 89.5 cm³/mol. The number of pyridine rings is 1. The molecule has 1 aliphatic carbocycles. The van der Waals surface area contributed by atoms with Crippen LogP contribution in [0.5, 0.6) is 0 Å². The number of hydrogen-bond acceptors (Lipinski definition) is 3. The monoisotopic (exact) mass is 317 g/mol. The first-order valence-electron chi connectivity index (χ1n) is 8.54. The van der Waals surface area contributed by atoms with E-state index in [1.54, 1.807) is 13.1 Å². The highest BCUT2D eigenvalue weighted by atomic mass is 16.2. The lowest BCUT2D eigenvalue weighted by Crippen LogP contribution is -2.37. The maximum atomic E-state index is 11.9. The van der Waals surface area contributed by atoms with Gasteiger partial charge in [0.05, 0.1) is 11.7 Å². The second-order valence-electron chi connectivity index (χ2n) is 6.37. The third-order valence-corrected chi connectivity index (χ3v) is 4.65. The number of hydrogen-bond donors (Lipinski definition) is 2. The van der Waals surface area contributed by atoms with Crippen LogP contribution in [0, 0.1) is 11.8 Å². The molecule has 1 saturated carbocycles. The highest BCUT2D eigenvalue weighted by Crippen LogP contribution is 2.36. The molecule has 1 unspecified atom stereocenters. The first-order chi connectivity index (χ1) is 11.1. The molecule has 2 amide bonds. The van der Waals surface area contributed by atoms with Crippen molar-refractivity contribution >= 4 is 11.8 Å². The summed E-state index contributed by atoms with van der Waals surface area (Å²) in [5.41, 5.74) is 0.944. The number of aromatic nitrogens is 1. The minimum absolute atomic E-state index is 0.00892. The van der Waals surface area contributed by atoms with Crippen molar-refractivity contribution in [1.29, 1.82) is 0 Å². The predicted octanol–water partition coefficient (Wildman–Crippen LogP) is 2.59. The molecule has 0 aromatic carbocycles. The molecular weight excluding hydrogens is 290 g/mol. The van der Waals surface area contributed by atoms with Gasteiger partial charge in [-0.15, -0.1) is 0 Å². The van der Waals surface area contributed by atoms with Crippen LogP contribution in [0.25, 0.3) is 0 Å². The van der Waals surface area contributed by atoms with E-state index in [4.69, 9.17) is 0 Å². The molecule has 0 aliphatic heterocycles. The van der Waals surface area contributed by atoms with Gasteiger partial charge in [-0.3, -0.25) is 14.6 Å². The van der Waals surface area contributed by atoms with E-state index in [2.05, 4.69) is 15.6 Å². The summed E-state index contributed by atoms with van der Waals surface area (Å²) in [5, 5.41) is 6.06. The van der Waals surface area contributed by atoms with Crippen LogP contribution in [0.3, 0.4) is 0 Å². The van der Waals surface area contributed by atoms with Crippen LogP contribution in [0.4, 0.5) is 0 Å². The summed E-state index contributed by atoms with van der Waals surface area (Å²) >= 11 is 0. The van der Waals surface area contributed by atoms with Gasteiger partial charge in [0.2, 0.25) is 11.8 Å². The van der Waals surface area contributed by atoms with Gasteiger partial charge in [0, 0.05) is 26.1 Å². The third-order valence-electron chi connectivity index (χ3n) is 4.65. The molecule has 23 heavy (non-hydrogen) atoms. The van der Waals surface area contributed by atoms with E-state index in [0.29, 0.717) is 18.3 Å². The van der Waals surface area contributed by atoms with Crippen molar-refractivity contribution in [2.45, 2.75) is 52.0 Å². The van der Waals surface area contributed by atoms with Gasteiger partial charge in [0.25, 0.3) is 0 Å². The lowest BCUT2D eigenvalue weighted by atomic mass is 9.77. The van der Waals surface area contributed by atoms with Gasteiger partial charge >= 0.3 is 0 Å². The third kappa shape index (κ3) is 5.34.